The van der Waals surface area contributed by atoms with Crippen LogP contribution in [-0.4, -0.2) is 56.3 Å². The molecule has 0 saturated heterocycles. The summed E-state index contributed by atoms with van der Waals surface area (Å²) in [5.74, 6) is 1.69. The van der Waals surface area contributed by atoms with Crippen LogP contribution in [0.3, 0.4) is 0 Å². The van der Waals surface area contributed by atoms with Crippen LogP contribution in [0.1, 0.15) is 70.5 Å². The molecule has 0 amide bonds. The van der Waals surface area contributed by atoms with Crippen molar-refractivity contribution in [3.05, 3.63) is 40.9 Å². The van der Waals surface area contributed by atoms with E-state index in [2.05, 4.69) is 27.2 Å². The first-order valence-corrected chi connectivity index (χ1v) is 13.2. The number of hydrogen-bond donors (Lipinski definition) is 2. The van der Waals surface area contributed by atoms with Gasteiger partial charge in [0.15, 0.2) is 11.6 Å². The summed E-state index contributed by atoms with van der Waals surface area (Å²) in [6, 6.07) is 1.69. The molecule has 9 nitrogen and oxygen atoms in total. The number of ketones is 1. The first-order valence-electron chi connectivity index (χ1n) is 12.8. The number of halogens is 1. The molecule has 0 aliphatic heterocycles. The molecule has 4 N–H and O–H groups in total. The van der Waals surface area contributed by atoms with E-state index in [1.165, 1.54) is 0 Å². The number of allylic oxidation sites excluding steroid dienone is 2. The van der Waals surface area contributed by atoms with Crippen molar-refractivity contribution in [2.75, 3.05) is 20.2 Å². The van der Waals surface area contributed by atoms with E-state index in [0.29, 0.717) is 55.5 Å². The van der Waals surface area contributed by atoms with Gasteiger partial charge in [0.2, 0.25) is 16.9 Å². The van der Waals surface area contributed by atoms with Crippen LogP contribution in [0.25, 0.3) is 5.82 Å². The van der Waals surface area contributed by atoms with Crippen molar-refractivity contribution in [3.8, 4) is 11.7 Å². The third kappa shape index (κ3) is 5.47. The van der Waals surface area contributed by atoms with Gasteiger partial charge in [-0.3, -0.25) is 14.8 Å². The van der Waals surface area contributed by atoms with Crippen molar-refractivity contribution >= 4 is 23.1 Å². The average Bonchev–Trinajstić information content (AvgIpc) is 3.31. The summed E-state index contributed by atoms with van der Waals surface area (Å²) in [6.45, 7) is 3.57. The standard InChI is InChI=1S/C26H35ClN6O3/c1-17(7-6-12-29-2)16-36-21-15-20(33-14-13-30-25(33)27)31-24(32-21)22(28)18-8-5-11-26(23(18)35)10-4-3-9-19(26)34/h13-15,17,28-29,35H,3-12,16H2,1-2H3/p+1/t17-,26+/m0/s1. The zero-order valence-corrected chi connectivity index (χ0v) is 21.8. The molecule has 2 aliphatic rings. The van der Waals surface area contributed by atoms with Crippen molar-refractivity contribution in [2.45, 2.75) is 64.7 Å². The van der Waals surface area contributed by atoms with Gasteiger partial charge in [0.1, 0.15) is 16.9 Å². The van der Waals surface area contributed by atoms with E-state index in [9.17, 15) is 4.79 Å². The Kier molecular flexibility index (Phi) is 8.41. The Bertz CT molecular complexity index is 1150. The van der Waals surface area contributed by atoms with Crippen LogP contribution >= 0.6 is 11.6 Å². The number of carbonyl (C=O) groups excluding carboxylic acids is 1. The molecule has 1 fully saturated rings. The third-order valence-electron chi connectivity index (χ3n) is 7.30. The minimum Gasteiger partial charge on any atom is -0.595 e. The van der Waals surface area contributed by atoms with Crippen molar-refractivity contribution < 1.29 is 14.6 Å². The lowest BCUT2D eigenvalue weighted by Crippen LogP contribution is -2.39. The molecule has 4 rings (SSSR count). The molecular weight excluding hydrogens is 480 g/mol. The fraction of sp³-hybridized carbons (Fsp3) is 0.577. The van der Waals surface area contributed by atoms with E-state index in [-0.39, 0.29) is 28.4 Å². The number of ether oxygens (including phenoxy) is 1. The highest BCUT2D eigenvalue weighted by atomic mass is 35.5. The topological polar surface area (TPSA) is 129 Å². The van der Waals surface area contributed by atoms with Crippen LogP contribution in [-0.2, 0) is 4.79 Å². The van der Waals surface area contributed by atoms with Crippen LogP contribution in [0.2, 0.25) is 5.28 Å². The molecule has 0 bridgehead atoms. The minimum absolute atomic E-state index is 0.0717. The maximum Gasteiger partial charge on any atom is 0.248 e. The summed E-state index contributed by atoms with van der Waals surface area (Å²) >= 11 is 6.26. The number of carbonyl (C=O) groups is 1. The molecule has 2 heterocycles. The number of aromatic nitrogens is 4. The Labute approximate surface area is 216 Å². The Morgan fingerprint density at radius 3 is 2.83 bits per heavy atom. The summed E-state index contributed by atoms with van der Waals surface area (Å²) in [6.07, 6.45) is 10.4. The molecule has 0 unspecified atom stereocenters. The molecule has 2 aliphatic carbocycles. The van der Waals surface area contributed by atoms with Crippen LogP contribution < -0.4 is 10.1 Å². The summed E-state index contributed by atoms with van der Waals surface area (Å²) in [7, 11) is 1.94. The Morgan fingerprint density at radius 2 is 2.11 bits per heavy atom. The first-order chi connectivity index (χ1) is 17.4. The summed E-state index contributed by atoms with van der Waals surface area (Å²) in [5, 5.41) is 21.4. The highest BCUT2D eigenvalue weighted by Gasteiger charge is 2.50. The molecule has 0 aromatic carbocycles. The fourth-order valence-electron chi connectivity index (χ4n) is 5.23. The maximum absolute atomic E-state index is 12.9. The molecule has 1 spiro atoms. The maximum atomic E-state index is 12.9. The molecule has 10 heteroatoms. The Hall–Kier alpha value is -2.78. The molecule has 1 saturated carbocycles. The second-order valence-electron chi connectivity index (χ2n) is 9.91. The Morgan fingerprint density at radius 1 is 1.31 bits per heavy atom. The summed E-state index contributed by atoms with van der Waals surface area (Å²) < 4.78 is 7.65. The lowest BCUT2D eigenvalue weighted by molar-refractivity contribution is -0.131. The average molecular weight is 516 g/mol. The second kappa shape index (κ2) is 11.5. The molecule has 36 heavy (non-hydrogen) atoms. The largest absolute Gasteiger partial charge is 0.595 e. The highest BCUT2D eigenvalue weighted by molar-refractivity contribution is 6.28. The van der Waals surface area contributed by atoms with Gasteiger partial charge in [0.25, 0.3) is 0 Å². The Balaban J connectivity index is 1.65. The lowest BCUT2D eigenvalue weighted by atomic mass is 9.64. The number of hydrogen-bond acceptors (Lipinski definition) is 7. The molecule has 2 atom stereocenters. The van der Waals surface area contributed by atoms with Crippen LogP contribution in [0.15, 0.2) is 29.8 Å². The zero-order chi connectivity index (χ0) is 25.7. The van der Waals surface area contributed by atoms with Gasteiger partial charge >= 0.3 is 0 Å². The molecule has 194 valence electrons. The minimum atomic E-state index is -0.758. The summed E-state index contributed by atoms with van der Waals surface area (Å²) in [5.41, 5.74) is -0.134. The van der Waals surface area contributed by atoms with Crippen molar-refractivity contribution in [2.24, 2.45) is 11.3 Å². The van der Waals surface area contributed by atoms with Gasteiger partial charge in [-0.1, -0.05) is 13.3 Å². The van der Waals surface area contributed by atoms with E-state index in [4.69, 9.17) is 26.9 Å². The zero-order valence-electron chi connectivity index (χ0n) is 21.1. The van der Waals surface area contributed by atoms with Gasteiger partial charge in [0, 0.05) is 24.9 Å². The van der Waals surface area contributed by atoms with Gasteiger partial charge in [-0.2, -0.15) is 4.98 Å². The van der Waals surface area contributed by atoms with E-state index in [1.54, 1.807) is 23.0 Å². The molecule has 0 radical (unpaired) electrons. The number of nitrogens with zero attached hydrogens (tertiary/aromatic N) is 4. The van der Waals surface area contributed by atoms with E-state index >= 15 is 0 Å². The van der Waals surface area contributed by atoms with E-state index < -0.39 is 5.41 Å². The molecule has 2 aromatic rings. The van der Waals surface area contributed by atoms with Gasteiger partial charge in [-0.25, -0.2) is 9.97 Å². The van der Waals surface area contributed by atoms with E-state index in [0.717, 1.165) is 38.6 Å². The number of Topliss-reactive ketones (excluding diaryl/α,β-unsaturated/α-hetero) is 1. The number of nitrogens with one attached hydrogen (secondary N) is 2. The van der Waals surface area contributed by atoms with Gasteiger partial charge in [0.05, 0.1) is 12.2 Å². The number of imidazole rings is 1. The predicted octanol–water partition coefficient (Wildman–Crippen LogP) is 3.99. The fourth-order valence-corrected chi connectivity index (χ4v) is 5.43. The quantitative estimate of drug-likeness (QED) is 0.279. The van der Waals surface area contributed by atoms with Crippen molar-refractivity contribution in [1.29, 1.82) is 5.41 Å². The second-order valence-corrected chi connectivity index (χ2v) is 10.2. The summed E-state index contributed by atoms with van der Waals surface area (Å²) in [4.78, 5) is 26.1. The predicted molar refractivity (Wildman–Crippen MR) is 139 cm³/mol. The lowest BCUT2D eigenvalue weighted by Gasteiger charge is -2.36. The number of rotatable bonds is 10. The smallest absolute Gasteiger partial charge is 0.248 e. The van der Waals surface area contributed by atoms with Gasteiger partial charge < -0.3 is 15.2 Å². The van der Waals surface area contributed by atoms with Gasteiger partial charge in [-0.15, -0.1) is 0 Å². The third-order valence-corrected chi connectivity index (χ3v) is 7.58. The molecule has 2 aromatic heterocycles. The van der Waals surface area contributed by atoms with Crippen LogP contribution in [0.4, 0.5) is 0 Å². The first kappa shape index (κ1) is 26.3. The van der Waals surface area contributed by atoms with Gasteiger partial charge in [-0.05, 0) is 76.1 Å². The van der Waals surface area contributed by atoms with E-state index in [1.807, 2.05) is 7.05 Å². The normalized spacial score (nSPS) is 21.1. The van der Waals surface area contributed by atoms with Crippen molar-refractivity contribution in [3.63, 3.8) is 0 Å². The molecular formula is C26H36ClN6O3+. The SMILES string of the molecule is CNCCC[C@H](C)COc1cc(-n2ccnc2Cl)nc(C(=N)C2=C([OH2+])[C@]3(CCCCC3=O)CCC2)n1. The monoisotopic (exact) mass is 515 g/mol. The van der Waals surface area contributed by atoms with Crippen LogP contribution in [0.5, 0.6) is 5.88 Å². The van der Waals surface area contributed by atoms with Crippen LogP contribution in [0, 0.1) is 16.7 Å². The van der Waals surface area contributed by atoms with Crippen molar-refractivity contribution in [1.82, 2.24) is 24.8 Å². The highest BCUT2D eigenvalue weighted by Crippen LogP contribution is 2.48.